The number of nitrogens with one attached hydrogen (secondary N) is 2. The van der Waals surface area contributed by atoms with Gasteiger partial charge in [0.2, 0.25) is 5.91 Å². The summed E-state index contributed by atoms with van der Waals surface area (Å²) < 4.78 is 0. The van der Waals surface area contributed by atoms with Crippen LogP contribution in [-0.4, -0.2) is 31.6 Å². The number of nitrogens with zero attached hydrogens (tertiary/aromatic N) is 1. The van der Waals surface area contributed by atoms with Crippen LogP contribution in [0.15, 0.2) is 24.3 Å². The number of rotatable bonds is 3. The highest BCUT2D eigenvalue weighted by atomic mass is 16.2. The van der Waals surface area contributed by atoms with Gasteiger partial charge in [0.15, 0.2) is 0 Å². The standard InChI is InChI=1S/C18H27N3O/c1-14-6-2-4-8-16(14)20-18(22)13-21-11-10-19-12-15-7-3-5-9-17(15)21/h3,5,7,9,14,16,19H,2,4,6,8,10-13H2,1H3,(H,20,22). The van der Waals surface area contributed by atoms with E-state index in [1.165, 1.54) is 30.5 Å². The highest BCUT2D eigenvalue weighted by Gasteiger charge is 2.24. The summed E-state index contributed by atoms with van der Waals surface area (Å²) in [7, 11) is 0. The third-order valence-corrected chi connectivity index (χ3v) is 5.00. The van der Waals surface area contributed by atoms with Crippen LogP contribution in [0.2, 0.25) is 0 Å². The average Bonchev–Trinajstić information content (AvgIpc) is 2.72. The first-order valence-electron chi connectivity index (χ1n) is 8.57. The van der Waals surface area contributed by atoms with Gasteiger partial charge in [-0.1, -0.05) is 38.0 Å². The molecule has 2 N–H and O–H groups in total. The molecule has 1 aliphatic carbocycles. The molecule has 1 aromatic rings. The van der Waals surface area contributed by atoms with Crippen molar-refractivity contribution in [1.82, 2.24) is 10.6 Å². The summed E-state index contributed by atoms with van der Waals surface area (Å²) in [4.78, 5) is 14.7. The van der Waals surface area contributed by atoms with Gasteiger partial charge >= 0.3 is 0 Å². The highest BCUT2D eigenvalue weighted by Crippen LogP contribution is 2.24. The van der Waals surface area contributed by atoms with E-state index in [4.69, 9.17) is 0 Å². The number of carbonyl (C=O) groups excluding carboxylic acids is 1. The molecule has 0 bridgehead atoms. The smallest absolute Gasteiger partial charge is 0.239 e. The SMILES string of the molecule is CC1CCCCC1NC(=O)CN1CCNCc2ccccc21. The molecule has 1 aromatic carbocycles. The van der Waals surface area contributed by atoms with Crippen LogP contribution >= 0.6 is 0 Å². The fourth-order valence-electron chi connectivity index (χ4n) is 3.65. The Hall–Kier alpha value is -1.55. The topological polar surface area (TPSA) is 44.4 Å². The lowest BCUT2D eigenvalue weighted by atomic mass is 9.86. The second-order valence-electron chi connectivity index (χ2n) is 6.66. The predicted molar refractivity (Wildman–Crippen MR) is 89.9 cm³/mol. The molecule has 2 aliphatic rings. The Labute approximate surface area is 133 Å². The van der Waals surface area contributed by atoms with E-state index in [-0.39, 0.29) is 5.91 Å². The van der Waals surface area contributed by atoms with Crippen LogP contribution in [0, 0.1) is 5.92 Å². The van der Waals surface area contributed by atoms with Gasteiger partial charge in [-0.2, -0.15) is 0 Å². The van der Waals surface area contributed by atoms with Gasteiger partial charge in [0.1, 0.15) is 0 Å². The van der Waals surface area contributed by atoms with Crippen molar-refractivity contribution in [3.63, 3.8) is 0 Å². The molecule has 4 heteroatoms. The van der Waals surface area contributed by atoms with Crippen molar-refractivity contribution < 1.29 is 4.79 Å². The summed E-state index contributed by atoms with van der Waals surface area (Å²) in [5.41, 5.74) is 2.47. The molecule has 1 saturated carbocycles. The molecule has 1 amide bonds. The Bertz CT molecular complexity index is 517. The molecule has 1 heterocycles. The Morgan fingerprint density at radius 2 is 2.14 bits per heavy atom. The first-order chi connectivity index (χ1) is 10.7. The Morgan fingerprint density at radius 1 is 1.32 bits per heavy atom. The monoisotopic (exact) mass is 301 g/mol. The lowest BCUT2D eigenvalue weighted by molar-refractivity contribution is -0.121. The zero-order chi connectivity index (χ0) is 15.4. The van der Waals surface area contributed by atoms with E-state index in [9.17, 15) is 4.79 Å². The number of hydrogen-bond acceptors (Lipinski definition) is 3. The van der Waals surface area contributed by atoms with Crippen LogP contribution in [0.3, 0.4) is 0 Å². The zero-order valence-corrected chi connectivity index (χ0v) is 13.5. The summed E-state index contributed by atoms with van der Waals surface area (Å²) in [5, 5.41) is 6.69. The molecule has 0 aromatic heterocycles. The van der Waals surface area contributed by atoms with Crippen molar-refractivity contribution in [2.45, 2.75) is 45.2 Å². The van der Waals surface area contributed by atoms with E-state index in [0.717, 1.165) is 26.1 Å². The Balaban J connectivity index is 1.63. The van der Waals surface area contributed by atoms with Crippen molar-refractivity contribution in [3.8, 4) is 0 Å². The highest BCUT2D eigenvalue weighted by molar-refractivity contribution is 5.82. The molecular weight excluding hydrogens is 274 g/mol. The van der Waals surface area contributed by atoms with E-state index in [1.54, 1.807) is 0 Å². The van der Waals surface area contributed by atoms with E-state index in [0.29, 0.717) is 18.5 Å². The van der Waals surface area contributed by atoms with Gasteiger partial charge in [-0.3, -0.25) is 4.79 Å². The van der Waals surface area contributed by atoms with E-state index < -0.39 is 0 Å². The summed E-state index contributed by atoms with van der Waals surface area (Å²) in [6.45, 7) is 5.40. The Morgan fingerprint density at radius 3 is 3.00 bits per heavy atom. The van der Waals surface area contributed by atoms with Crippen molar-refractivity contribution in [3.05, 3.63) is 29.8 Å². The molecular formula is C18H27N3O. The van der Waals surface area contributed by atoms with Gasteiger partial charge < -0.3 is 15.5 Å². The number of anilines is 1. The van der Waals surface area contributed by atoms with Gasteiger partial charge in [-0.15, -0.1) is 0 Å². The molecule has 0 spiro atoms. The van der Waals surface area contributed by atoms with E-state index in [1.807, 2.05) is 0 Å². The fourth-order valence-corrected chi connectivity index (χ4v) is 3.65. The number of fused-ring (bicyclic) bond motifs is 1. The lowest BCUT2D eigenvalue weighted by Gasteiger charge is -2.31. The summed E-state index contributed by atoms with van der Waals surface area (Å²) in [6, 6.07) is 8.74. The van der Waals surface area contributed by atoms with Gasteiger partial charge in [0.25, 0.3) is 0 Å². The Kier molecular flexibility index (Phi) is 4.98. The molecule has 22 heavy (non-hydrogen) atoms. The summed E-state index contributed by atoms with van der Waals surface area (Å²) >= 11 is 0. The second kappa shape index (κ2) is 7.14. The minimum atomic E-state index is 0.162. The van der Waals surface area contributed by atoms with Crippen molar-refractivity contribution in [2.24, 2.45) is 5.92 Å². The van der Waals surface area contributed by atoms with Crippen molar-refractivity contribution in [1.29, 1.82) is 0 Å². The van der Waals surface area contributed by atoms with Crippen LogP contribution in [0.5, 0.6) is 0 Å². The minimum absolute atomic E-state index is 0.162. The molecule has 0 radical (unpaired) electrons. The summed E-state index contributed by atoms with van der Waals surface area (Å²) in [6.07, 6.45) is 4.91. The van der Waals surface area contributed by atoms with Crippen LogP contribution in [0.4, 0.5) is 5.69 Å². The van der Waals surface area contributed by atoms with Crippen LogP contribution in [0.25, 0.3) is 0 Å². The second-order valence-corrected chi connectivity index (χ2v) is 6.66. The maximum absolute atomic E-state index is 12.5. The maximum Gasteiger partial charge on any atom is 0.239 e. The fraction of sp³-hybridized carbons (Fsp3) is 0.611. The number of amides is 1. The molecule has 2 unspecified atom stereocenters. The molecule has 120 valence electrons. The number of benzene rings is 1. The van der Waals surface area contributed by atoms with Crippen LogP contribution in [0.1, 0.15) is 38.2 Å². The molecule has 1 aliphatic heterocycles. The van der Waals surface area contributed by atoms with Crippen LogP contribution < -0.4 is 15.5 Å². The van der Waals surface area contributed by atoms with Crippen molar-refractivity contribution in [2.75, 3.05) is 24.5 Å². The quantitative estimate of drug-likeness (QED) is 0.900. The molecule has 1 fully saturated rings. The number of hydrogen-bond donors (Lipinski definition) is 2. The average molecular weight is 301 g/mol. The third-order valence-electron chi connectivity index (χ3n) is 5.00. The first-order valence-corrected chi connectivity index (χ1v) is 8.57. The van der Waals surface area contributed by atoms with Gasteiger partial charge in [-0.25, -0.2) is 0 Å². The zero-order valence-electron chi connectivity index (χ0n) is 13.5. The third kappa shape index (κ3) is 3.61. The van der Waals surface area contributed by atoms with Gasteiger partial charge in [0.05, 0.1) is 6.54 Å². The van der Waals surface area contributed by atoms with E-state index >= 15 is 0 Å². The predicted octanol–water partition coefficient (Wildman–Crippen LogP) is 2.29. The van der Waals surface area contributed by atoms with Gasteiger partial charge in [0, 0.05) is 31.4 Å². The van der Waals surface area contributed by atoms with E-state index in [2.05, 4.69) is 46.7 Å². The lowest BCUT2D eigenvalue weighted by Crippen LogP contribution is -2.46. The summed E-state index contributed by atoms with van der Waals surface area (Å²) in [5.74, 6) is 0.770. The molecule has 4 nitrogen and oxygen atoms in total. The number of para-hydroxylation sites is 1. The molecule has 2 atom stereocenters. The normalized spacial score (nSPS) is 25.2. The van der Waals surface area contributed by atoms with Crippen molar-refractivity contribution >= 4 is 11.6 Å². The first kappa shape index (κ1) is 15.3. The molecule has 3 rings (SSSR count). The molecule has 0 saturated heterocycles. The number of carbonyl (C=O) groups is 1. The van der Waals surface area contributed by atoms with Crippen LogP contribution in [-0.2, 0) is 11.3 Å². The maximum atomic E-state index is 12.5. The largest absolute Gasteiger partial charge is 0.361 e. The minimum Gasteiger partial charge on any atom is -0.361 e. The van der Waals surface area contributed by atoms with Gasteiger partial charge in [-0.05, 0) is 30.4 Å².